The number of alkyl halides is 3. The minimum absolute atomic E-state index is 0. The number of hydrogen-bond acceptors (Lipinski definition) is 3. The highest BCUT2D eigenvalue weighted by Crippen LogP contribution is 2.30. The number of ether oxygens (including phenoxy) is 1. The van der Waals surface area contributed by atoms with Crippen LogP contribution < -0.4 is 15.8 Å². The van der Waals surface area contributed by atoms with Crippen molar-refractivity contribution in [2.24, 2.45) is 5.73 Å². The molecular formula is C14H20ClF3N2O2. The number of carbonyl (C=O) groups is 1. The van der Waals surface area contributed by atoms with Gasteiger partial charge in [-0.2, -0.15) is 0 Å². The van der Waals surface area contributed by atoms with Gasteiger partial charge in [0.15, 0.2) is 5.75 Å². The molecule has 0 bridgehead atoms. The summed E-state index contributed by atoms with van der Waals surface area (Å²) in [4.78, 5) is 11.7. The van der Waals surface area contributed by atoms with E-state index in [9.17, 15) is 18.0 Å². The summed E-state index contributed by atoms with van der Waals surface area (Å²) in [6, 6.07) is 5.46. The molecule has 0 radical (unpaired) electrons. The van der Waals surface area contributed by atoms with Gasteiger partial charge >= 0.3 is 6.36 Å². The van der Waals surface area contributed by atoms with Crippen LogP contribution in [0.5, 0.6) is 5.75 Å². The normalized spacial score (nSPS) is 10.7. The number of unbranched alkanes of at least 4 members (excludes halogenated alkanes) is 3. The molecule has 0 aliphatic heterocycles. The molecule has 1 aromatic rings. The second kappa shape index (κ2) is 10.3. The smallest absolute Gasteiger partial charge is 0.404 e. The largest absolute Gasteiger partial charge is 0.573 e. The lowest BCUT2D eigenvalue weighted by Gasteiger charge is -2.13. The fourth-order valence-electron chi connectivity index (χ4n) is 1.78. The Hall–Kier alpha value is -1.47. The summed E-state index contributed by atoms with van der Waals surface area (Å²) in [5.41, 5.74) is 5.37. The van der Waals surface area contributed by atoms with Gasteiger partial charge < -0.3 is 15.8 Å². The van der Waals surface area contributed by atoms with Gasteiger partial charge in [-0.05, 0) is 31.5 Å². The first-order valence-corrected chi connectivity index (χ1v) is 6.77. The van der Waals surface area contributed by atoms with Crippen LogP contribution in [0, 0.1) is 0 Å². The fraction of sp³-hybridized carbons (Fsp3) is 0.500. The lowest BCUT2D eigenvalue weighted by atomic mass is 10.1. The standard InChI is InChI=1S/C14H19F3N2O2.ClH/c15-14(16,17)21-12-8-5-4-7-11(12)19-13(20)9-3-1-2-6-10-18;/h4-5,7-8H,1-3,6,9-10,18H2,(H,19,20);1H. The number of carbonyl (C=O) groups excluding carboxylic acids is 1. The second-order valence-electron chi connectivity index (χ2n) is 4.55. The van der Waals surface area contributed by atoms with Crippen LogP contribution in [0.4, 0.5) is 18.9 Å². The first-order valence-electron chi connectivity index (χ1n) is 6.77. The predicted molar refractivity (Wildman–Crippen MR) is 81.1 cm³/mol. The van der Waals surface area contributed by atoms with E-state index in [-0.39, 0.29) is 30.4 Å². The SMILES string of the molecule is Cl.NCCCCCCC(=O)Nc1ccccc1OC(F)(F)F. The summed E-state index contributed by atoms with van der Waals surface area (Å²) < 4.78 is 40.6. The van der Waals surface area contributed by atoms with Gasteiger partial charge in [-0.1, -0.05) is 25.0 Å². The molecule has 0 aromatic heterocycles. The van der Waals surface area contributed by atoms with Gasteiger partial charge in [0.05, 0.1) is 5.69 Å². The fourth-order valence-corrected chi connectivity index (χ4v) is 1.78. The average Bonchev–Trinajstić information content (AvgIpc) is 2.39. The zero-order valence-corrected chi connectivity index (χ0v) is 12.8. The van der Waals surface area contributed by atoms with Gasteiger partial charge in [-0.3, -0.25) is 4.79 Å². The highest BCUT2D eigenvalue weighted by molar-refractivity contribution is 5.92. The van der Waals surface area contributed by atoms with Crippen molar-refractivity contribution in [1.82, 2.24) is 0 Å². The van der Waals surface area contributed by atoms with E-state index in [2.05, 4.69) is 10.1 Å². The minimum atomic E-state index is -4.79. The Bertz CT molecular complexity index is 456. The quantitative estimate of drug-likeness (QED) is 0.706. The van der Waals surface area contributed by atoms with E-state index in [1.54, 1.807) is 0 Å². The van der Waals surface area contributed by atoms with Crippen molar-refractivity contribution in [2.75, 3.05) is 11.9 Å². The van der Waals surface area contributed by atoms with Crippen molar-refractivity contribution in [2.45, 2.75) is 38.5 Å². The van der Waals surface area contributed by atoms with E-state index in [0.717, 1.165) is 25.3 Å². The molecule has 0 saturated heterocycles. The number of halogens is 4. The van der Waals surface area contributed by atoms with E-state index in [1.807, 2.05) is 0 Å². The van der Waals surface area contributed by atoms with Crippen LogP contribution in [-0.4, -0.2) is 18.8 Å². The van der Waals surface area contributed by atoms with Gasteiger partial charge in [0.25, 0.3) is 0 Å². The van der Waals surface area contributed by atoms with Gasteiger partial charge in [0, 0.05) is 6.42 Å². The molecule has 22 heavy (non-hydrogen) atoms. The monoisotopic (exact) mass is 340 g/mol. The van der Waals surface area contributed by atoms with E-state index in [0.29, 0.717) is 13.0 Å². The Morgan fingerprint density at radius 2 is 1.77 bits per heavy atom. The number of anilines is 1. The maximum absolute atomic E-state index is 12.2. The highest BCUT2D eigenvalue weighted by Gasteiger charge is 2.32. The van der Waals surface area contributed by atoms with Crippen LogP contribution in [0.2, 0.25) is 0 Å². The van der Waals surface area contributed by atoms with Crippen LogP contribution in [0.1, 0.15) is 32.1 Å². The lowest BCUT2D eigenvalue weighted by Crippen LogP contribution is -2.19. The van der Waals surface area contributed by atoms with Crippen molar-refractivity contribution in [3.05, 3.63) is 24.3 Å². The summed E-state index contributed by atoms with van der Waals surface area (Å²) in [6.07, 6.45) is -1.14. The molecule has 126 valence electrons. The van der Waals surface area contributed by atoms with Crippen LogP contribution in [0.15, 0.2) is 24.3 Å². The first kappa shape index (κ1) is 20.5. The number of hydrogen-bond donors (Lipinski definition) is 2. The van der Waals surface area contributed by atoms with Crippen molar-refractivity contribution < 1.29 is 22.7 Å². The molecule has 1 amide bonds. The molecule has 0 aliphatic rings. The molecule has 0 spiro atoms. The number of para-hydroxylation sites is 2. The van der Waals surface area contributed by atoms with Gasteiger partial charge in [-0.15, -0.1) is 25.6 Å². The maximum atomic E-state index is 12.2. The Balaban J connectivity index is 0.00000441. The summed E-state index contributed by atoms with van der Waals surface area (Å²) in [5.74, 6) is -0.748. The molecule has 3 N–H and O–H groups in total. The van der Waals surface area contributed by atoms with Gasteiger partial charge in [-0.25, -0.2) is 0 Å². The average molecular weight is 341 g/mol. The number of benzene rings is 1. The molecule has 1 aromatic carbocycles. The zero-order valence-electron chi connectivity index (χ0n) is 12.0. The molecule has 8 heteroatoms. The number of rotatable bonds is 8. The van der Waals surface area contributed by atoms with Crippen LogP contribution >= 0.6 is 12.4 Å². The molecule has 1 rings (SSSR count). The van der Waals surface area contributed by atoms with Crippen molar-refractivity contribution >= 4 is 24.0 Å². The topological polar surface area (TPSA) is 64.4 Å². The molecule has 0 saturated carbocycles. The Labute approximate surface area is 133 Å². The third-order valence-corrected chi connectivity index (χ3v) is 2.74. The Kier molecular flexibility index (Phi) is 9.60. The Morgan fingerprint density at radius 3 is 2.41 bits per heavy atom. The van der Waals surface area contributed by atoms with Gasteiger partial charge in [0.2, 0.25) is 5.91 Å². The highest BCUT2D eigenvalue weighted by atomic mass is 35.5. The predicted octanol–water partition coefficient (Wildman–Crippen LogP) is 3.85. The summed E-state index contributed by atoms with van der Waals surface area (Å²) >= 11 is 0. The second-order valence-corrected chi connectivity index (χ2v) is 4.55. The number of nitrogens with two attached hydrogens (primary N) is 1. The summed E-state index contributed by atoms with van der Waals surface area (Å²) in [5, 5.41) is 2.44. The van der Waals surface area contributed by atoms with E-state index < -0.39 is 12.1 Å². The number of amides is 1. The molecule has 0 aliphatic carbocycles. The molecule has 0 fully saturated rings. The maximum Gasteiger partial charge on any atom is 0.573 e. The van der Waals surface area contributed by atoms with Crippen LogP contribution in [-0.2, 0) is 4.79 Å². The number of nitrogens with one attached hydrogen (secondary N) is 1. The van der Waals surface area contributed by atoms with Crippen LogP contribution in [0.3, 0.4) is 0 Å². The zero-order chi connectivity index (χ0) is 15.7. The van der Waals surface area contributed by atoms with E-state index in [1.165, 1.54) is 18.2 Å². The van der Waals surface area contributed by atoms with Gasteiger partial charge in [0.1, 0.15) is 0 Å². The molecule has 0 heterocycles. The third kappa shape index (κ3) is 8.74. The molecule has 0 unspecified atom stereocenters. The summed E-state index contributed by atoms with van der Waals surface area (Å²) in [6.45, 7) is 0.619. The van der Waals surface area contributed by atoms with Crippen molar-refractivity contribution in [1.29, 1.82) is 0 Å². The molecule has 0 atom stereocenters. The van der Waals surface area contributed by atoms with Crippen molar-refractivity contribution in [3.63, 3.8) is 0 Å². The molecular weight excluding hydrogens is 321 g/mol. The summed E-state index contributed by atoms with van der Waals surface area (Å²) in [7, 11) is 0. The van der Waals surface area contributed by atoms with Crippen molar-refractivity contribution in [3.8, 4) is 5.75 Å². The van der Waals surface area contributed by atoms with Crippen LogP contribution in [0.25, 0.3) is 0 Å². The van der Waals surface area contributed by atoms with E-state index in [4.69, 9.17) is 5.73 Å². The minimum Gasteiger partial charge on any atom is -0.404 e. The third-order valence-electron chi connectivity index (χ3n) is 2.74. The van der Waals surface area contributed by atoms with E-state index >= 15 is 0 Å². The lowest BCUT2D eigenvalue weighted by molar-refractivity contribution is -0.274. The first-order chi connectivity index (χ1) is 9.92. The molecule has 4 nitrogen and oxygen atoms in total. The Morgan fingerprint density at radius 1 is 1.14 bits per heavy atom.